The second-order valence-electron chi connectivity index (χ2n) is 6.06. The lowest BCUT2D eigenvalue weighted by Gasteiger charge is -2.13. The number of carbonyl (C=O) groups is 1. The van der Waals surface area contributed by atoms with E-state index in [0.29, 0.717) is 17.1 Å². The molecule has 2 heterocycles. The van der Waals surface area contributed by atoms with Gasteiger partial charge in [0.15, 0.2) is 11.6 Å². The van der Waals surface area contributed by atoms with Crippen LogP contribution in [0.2, 0.25) is 0 Å². The van der Waals surface area contributed by atoms with Crippen LogP contribution in [-0.2, 0) is 17.1 Å². The Kier molecular flexibility index (Phi) is 6.18. The van der Waals surface area contributed by atoms with Crippen LogP contribution in [0.3, 0.4) is 0 Å². The van der Waals surface area contributed by atoms with Gasteiger partial charge in [-0.15, -0.1) is 5.10 Å². The average molecular weight is 478 g/mol. The van der Waals surface area contributed by atoms with Gasteiger partial charge in [0.2, 0.25) is 0 Å². The highest BCUT2D eigenvalue weighted by Gasteiger charge is 2.37. The topological polar surface area (TPSA) is 103 Å². The van der Waals surface area contributed by atoms with E-state index in [9.17, 15) is 31.1 Å². The van der Waals surface area contributed by atoms with Gasteiger partial charge in [0.1, 0.15) is 11.4 Å². The molecule has 3 rings (SSSR count). The third-order valence-electron chi connectivity index (χ3n) is 3.82. The Labute approximate surface area is 179 Å². The van der Waals surface area contributed by atoms with Crippen LogP contribution in [0.1, 0.15) is 11.1 Å². The molecule has 168 valence electrons. The summed E-state index contributed by atoms with van der Waals surface area (Å²) in [6, 6.07) is 0.931. The van der Waals surface area contributed by atoms with Crippen molar-refractivity contribution in [2.45, 2.75) is 12.4 Å². The Balaban J connectivity index is 1.92. The smallest absolute Gasteiger partial charge is 0.266 e. The van der Waals surface area contributed by atoms with Crippen molar-refractivity contribution in [2.75, 3.05) is 5.01 Å². The predicted molar refractivity (Wildman–Crippen MR) is 99.3 cm³/mol. The van der Waals surface area contributed by atoms with E-state index in [2.05, 4.69) is 20.1 Å². The maximum absolute atomic E-state index is 13.0. The average Bonchev–Trinajstić information content (AvgIpc) is 3.20. The van der Waals surface area contributed by atoms with E-state index in [0.717, 1.165) is 17.2 Å². The first kappa shape index (κ1) is 23.1. The molecule has 3 aromatic rings. The quantitative estimate of drug-likeness (QED) is 0.202. The first-order chi connectivity index (χ1) is 14.9. The molecule has 0 atom stereocenters. The minimum Gasteiger partial charge on any atom is -0.266 e. The van der Waals surface area contributed by atoms with E-state index in [1.165, 1.54) is 18.6 Å². The fourth-order valence-corrected chi connectivity index (χ4v) is 2.55. The highest BCUT2D eigenvalue weighted by molar-refractivity contribution is 6.45. The molecule has 32 heavy (non-hydrogen) atoms. The van der Waals surface area contributed by atoms with E-state index in [1.807, 2.05) is 0 Å². The van der Waals surface area contributed by atoms with Gasteiger partial charge in [0, 0.05) is 18.0 Å². The molecule has 1 aromatic carbocycles. The number of nitrogens with two attached hydrogens (primary N) is 1. The maximum Gasteiger partial charge on any atom is 0.416 e. The lowest BCUT2D eigenvalue weighted by Crippen LogP contribution is -2.38. The number of halogens is 7. The summed E-state index contributed by atoms with van der Waals surface area (Å²) in [6.45, 7) is 0. The Morgan fingerprint density at radius 3 is 2.19 bits per heavy atom. The number of benzene rings is 1. The van der Waals surface area contributed by atoms with Gasteiger partial charge in [-0.05, 0) is 18.2 Å². The molecule has 1 amide bonds. The van der Waals surface area contributed by atoms with E-state index in [4.69, 9.17) is 17.4 Å². The zero-order valence-electron chi connectivity index (χ0n) is 15.4. The predicted octanol–water partition coefficient (Wildman–Crippen LogP) is 3.72. The fourth-order valence-electron chi connectivity index (χ4n) is 2.36. The molecule has 2 N–H and O–H groups in total. The van der Waals surface area contributed by atoms with Crippen LogP contribution >= 0.6 is 11.6 Å². The van der Waals surface area contributed by atoms with Crippen LogP contribution in [0.4, 0.5) is 32.2 Å². The summed E-state index contributed by atoms with van der Waals surface area (Å²) in [5, 5.41) is 3.82. The maximum atomic E-state index is 13.0. The van der Waals surface area contributed by atoms with Gasteiger partial charge in [-0.25, -0.2) is 25.5 Å². The summed E-state index contributed by atoms with van der Waals surface area (Å²) in [6.07, 6.45) is -4.42. The highest BCUT2D eigenvalue weighted by Crippen LogP contribution is 2.38. The monoisotopic (exact) mass is 477 g/mol. The molecule has 0 radical (unpaired) electrons. The zero-order chi connectivity index (χ0) is 23.7. The Morgan fingerprint density at radius 2 is 1.66 bits per heavy atom. The second-order valence-corrected chi connectivity index (χ2v) is 6.47. The van der Waals surface area contributed by atoms with Crippen molar-refractivity contribution in [1.29, 1.82) is 0 Å². The van der Waals surface area contributed by atoms with Crippen LogP contribution in [-0.4, -0.2) is 30.6 Å². The number of hydrazine groups is 1. The second kappa shape index (κ2) is 8.55. The minimum absolute atomic E-state index is 0.0156. The van der Waals surface area contributed by atoms with E-state index in [-0.39, 0.29) is 11.9 Å². The van der Waals surface area contributed by atoms with Crippen LogP contribution in [0.5, 0.6) is 0 Å². The van der Waals surface area contributed by atoms with Crippen LogP contribution in [0, 0.1) is 0 Å². The number of rotatable bonds is 4. The van der Waals surface area contributed by atoms with Gasteiger partial charge in [-0.2, -0.15) is 26.3 Å². The lowest BCUT2D eigenvalue weighted by molar-refractivity contribution is -0.143. The van der Waals surface area contributed by atoms with Gasteiger partial charge >= 0.3 is 12.4 Å². The molecule has 0 saturated carbocycles. The van der Waals surface area contributed by atoms with Crippen LogP contribution in [0.15, 0.2) is 48.1 Å². The number of nitrogens with zero attached hydrogens (tertiary/aromatic N) is 6. The van der Waals surface area contributed by atoms with Gasteiger partial charge in [-0.3, -0.25) is 9.78 Å². The summed E-state index contributed by atoms with van der Waals surface area (Å²) in [7, 11) is 0. The summed E-state index contributed by atoms with van der Waals surface area (Å²) in [5.74, 6) is 4.16. The third-order valence-corrected chi connectivity index (χ3v) is 4.08. The number of amides is 1. The number of carbonyl (C=O) groups excluding carboxylic acids is 1. The fraction of sp³-hybridized carbons (Fsp3) is 0.118. The van der Waals surface area contributed by atoms with E-state index < -0.39 is 45.8 Å². The summed E-state index contributed by atoms with van der Waals surface area (Å²) in [4.78, 5) is 23.5. The van der Waals surface area contributed by atoms with Crippen molar-refractivity contribution < 1.29 is 31.1 Å². The Hall–Kier alpha value is -3.52. The summed E-state index contributed by atoms with van der Waals surface area (Å²) >= 11 is 5.89. The SMILES string of the molecule is NN(C(=O)C(Cl)=Cn1cnc(-c2cc(C(F)(F)F)cc(C(F)(F)F)c2)n1)c1cnccn1. The first-order valence-corrected chi connectivity index (χ1v) is 8.67. The third kappa shape index (κ3) is 5.20. The molecule has 8 nitrogen and oxygen atoms in total. The number of anilines is 1. The standard InChI is InChI=1S/C17H10ClF6N7O/c18-12(15(32)31(25)13-6-26-1-2-27-13)7-30-8-28-14(29-30)9-3-10(16(19,20)21)5-11(4-9)17(22,23)24/h1-8H,25H2. The number of hydrogen-bond acceptors (Lipinski definition) is 6. The molecule has 2 aromatic heterocycles. The van der Waals surface area contributed by atoms with E-state index in [1.54, 1.807) is 0 Å². The highest BCUT2D eigenvalue weighted by atomic mass is 35.5. The molecule has 0 fully saturated rings. The van der Waals surface area contributed by atoms with Gasteiger partial charge in [0.25, 0.3) is 5.91 Å². The molecule has 0 spiro atoms. The molecule has 0 aliphatic heterocycles. The minimum atomic E-state index is -5.03. The molecular weight excluding hydrogens is 468 g/mol. The van der Waals surface area contributed by atoms with Crippen molar-refractivity contribution in [3.05, 3.63) is 59.3 Å². The summed E-state index contributed by atoms with van der Waals surface area (Å²) < 4.78 is 79.0. The molecule has 0 aliphatic carbocycles. The van der Waals surface area contributed by atoms with Crippen molar-refractivity contribution >= 4 is 29.5 Å². The molecule has 0 unspecified atom stereocenters. The first-order valence-electron chi connectivity index (χ1n) is 8.30. The number of aromatic nitrogens is 5. The van der Waals surface area contributed by atoms with Crippen LogP contribution in [0.25, 0.3) is 17.6 Å². The lowest BCUT2D eigenvalue weighted by atomic mass is 10.0. The van der Waals surface area contributed by atoms with Crippen molar-refractivity contribution in [2.24, 2.45) is 5.84 Å². The molecular formula is C17H10ClF6N7O. The zero-order valence-corrected chi connectivity index (χ0v) is 16.2. The molecule has 0 aliphatic rings. The number of alkyl halides is 6. The number of hydrogen-bond donors (Lipinski definition) is 1. The van der Waals surface area contributed by atoms with Crippen molar-refractivity contribution in [3.8, 4) is 11.4 Å². The van der Waals surface area contributed by atoms with Crippen molar-refractivity contribution in [1.82, 2.24) is 24.7 Å². The van der Waals surface area contributed by atoms with Gasteiger partial charge < -0.3 is 0 Å². The summed E-state index contributed by atoms with van der Waals surface area (Å²) in [5.41, 5.74) is -3.59. The van der Waals surface area contributed by atoms with Crippen LogP contribution < -0.4 is 10.9 Å². The Bertz CT molecular complexity index is 1130. The largest absolute Gasteiger partial charge is 0.416 e. The Morgan fingerprint density at radius 1 is 1.03 bits per heavy atom. The van der Waals surface area contributed by atoms with E-state index >= 15 is 0 Å². The molecule has 15 heteroatoms. The normalized spacial score (nSPS) is 12.7. The van der Waals surface area contributed by atoms with Gasteiger partial charge in [-0.1, -0.05) is 11.6 Å². The van der Waals surface area contributed by atoms with Gasteiger partial charge in [0.05, 0.1) is 23.5 Å². The molecule has 0 bridgehead atoms. The van der Waals surface area contributed by atoms with Crippen molar-refractivity contribution in [3.63, 3.8) is 0 Å². The molecule has 0 saturated heterocycles.